The highest BCUT2D eigenvalue weighted by Gasteiger charge is 1.96. The van der Waals surface area contributed by atoms with Gasteiger partial charge in [0.1, 0.15) is 5.88 Å². The molecule has 1 amide bonds. The molecular formula is C15H16ClNO. The number of anilines is 1. The number of hydrogen-bond donors (Lipinski definition) is 1. The molecule has 0 fully saturated rings. The largest absolute Gasteiger partial charge is 0.325 e. The van der Waals surface area contributed by atoms with Gasteiger partial charge in [-0.25, -0.2) is 0 Å². The predicted molar refractivity (Wildman–Crippen MR) is 77.0 cm³/mol. The summed E-state index contributed by atoms with van der Waals surface area (Å²) in [7, 11) is 0. The lowest BCUT2D eigenvalue weighted by Gasteiger charge is -2.00. The molecular weight excluding hydrogens is 246 g/mol. The molecule has 0 aromatic heterocycles. The van der Waals surface area contributed by atoms with Crippen molar-refractivity contribution in [2.75, 3.05) is 11.2 Å². The van der Waals surface area contributed by atoms with E-state index >= 15 is 0 Å². The van der Waals surface area contributed by atoms with Crippen molar-refractivity contribution in [3.05, 3.63) is 66.2 Å². The molecule has 1 N–H and O–H groups in total. The maximum absolute atomic E-state index is 10.7. The van der Waals surface area contributed by atoms with Gasteiger partial charge in [0.2, 0.25) is 5.91 Å². The van der Waals surface area contributed by atoms with Gasteiger partial charge in [-0.05, 0) is 19.1 Å². The van der Waals surface area contributed by atoms with Crippen LogP contribution in [-0.2, 0) is 4.79 Å². The Morgan fingerprint density at radius 2 is 1.50 bits per heavy atom. The zero-order valence-corrected chi connectivity index (χ0v) is 11.0. The van der Waals surface area contributed by atoms with Crippen LogP contribution in [0, 0.1) is 6.92 Å². The number of para-hydroxylation sites is 1. The molecule has 0 saturated carbocycles. The minimum atomic E-state index is -0.183. The summed E-state index contributed by atoms with van der Waals surface area (Å²) >= 11 is 5.29. The first-order chi connectivity index (χ1) is 8.72. The minimum Gasteiger partial charge on any atom is -0.325 e. The highest BCUT2D eigenvalue weighted by atomic mass is 35.5. The van der Waals surface area contributed by atoms with Crippen LogP contribution >= 0.6 is 11.6 Å². The van der Waals surface area contributed by atoms with Gasteiger partial charge in [-0.15, -0.1) is 11.6 Å². The Bertz CT molecular complexity index is 456. The predicted octanol–water partition coefficient (Wildman–Crippen LogP) is 3.86. The molecule has 0 bridgehead atoms. The smallest absolute Gasteiger partial charge is 0.239 e. The summed E-state index contributed by atoms with van der Waals surface area (Å²) in [4.78, 5) is 10.7. The lowest BCUT2D eigenvalue weighted by atomic mass is 10.2. The Hall–Kier alpha value is -1.80. The zero-order chi connectivity index (χ0) is 13.2. The minimum absolute atomic E-state index is 0.00507. The molecule has 0 heterocycles. The molecule has 0 radical (unpaired) electrons. The fourth-order valence-corrected chi connectivity index (χ4v) is 1.32. The second-order valence-corrected chi connectivity index (χ2v) is 3.97. The van der Waals surface area contributed by atoms with E-state index in [1.807, 2.05) is 48.5 Å². The van der Waals surface area contributed by atoms with Crippen molar-refractivity contribution in [3.63, 3.8) is 0 Å². The number of hydrogen-bond acceptors (Lipinski definition) is 1. The second kappa shape index (κ2) is 8.31. The number of carbonyl (C=O) groups is 1. The molecule has 2 rings (SSSR count). The van der Waals surface area contributed by atoms with Gasteiger partial charge >= 0.3 is 0 Å². The van der Waals surface area contributed by atoms with E-state index in [-0.39, 0.29) is 11.8 Å². The van der Waals surface area contributed by atoms with Crippen molar-refractivity contribution in [1.82, 2.24) is 0 Å². The Labute approximate surface area is 113 Å². The van der Waals surface area contributed by atoms with Crippen molar-refractivity contribution >= 4 is 23.2 Å². The lowest BCUT2D eigenvalue weighted by Crippen LogP contribution is -2.12. The number of halogens is 1. The van der Waals surface area contributed by atoms with E-state index in [1.165, 1.54) is 5.56 Å². The van der Waals surface area contributed by atoms with Crippen LogP contribution in [0.4, 0.5) is 5.69 Å². The summed E-state index contributed by atoms with van der Waals surface area (Å²) < 4.78 is 0. The number of carbonyl (C=O) groups excluding carboxylic acids is 1. The maximum Gasteiger partial charge on any atom is 0.239 e. The number of aryl methyl sites for hydroxylation is 1. The fourth-order valence-electron chi connectivity index (χ4n) is 1.25. The van der Waals surface area contributed by atoms with E-state index in [0.717, 1.165) is 5.69 Å². The third-order valence-corrected chi connectivity index (χ3v) is 2.36. The lowest BCUT2D eigenvalue weighted by molar-refractivity contribution is -0.113. The summed E-state index contributed by atoms with van der Waals surface area (Å²) in [6.07, 6.45) is 0. The number of benzene rings is 2. The van der Waals surface area contributed by atoms with Gasteiger partial charge in [0.25, 0.3) is 0 Å². The molecule has 94 valence electrons. The van der Waals surface area contributed by atoms with E-state index < -0.39 is 0 Å². The molecule has 0 aliphatic heterocycles. The van der Waals surface area contributed by atoms with Gasteiger partial charge in [0, 0.05) is 5.69 Å². The monoisotopic (exact) mass is 261 g/mol. The van der Waals surface area contributed by atoms with Crippen molar-refractivity contribution in [2.24, 2.45) is 0 Å². The quantitative estimate of drug-likeness (QED) is 0.818. The fraction of sp³-hybridized carbons (Fsp3) is 0.133. The molecule has 0 aliphatic carbocycles. The average molecular weight is 262 g/mol. The first-order valence-corrected chi connectivity index (χ1v) is 6.18. The van der Waals surface area contributed by atoms with Crippen LogP contribution in [0.1, 0.15) is 5.56 Å². The Kier molecular flexibility index (Phi) is 6.59. The Morgan fingerprint density at radius 3 is 1.89 bits per heavy atom. The molecule has 0 aliphatic rings. The number of alkyl halides is 1. The summed E-state index contributed by atoms with van der Waals surface area (Å²) in [5.74, 6) is -0.188. The van der Waals surface area contributed by atoms with E-state index in [9.17, 15) is 4.79 Å². The van der Waals surface area contributed by atoms with E-state index in [4.69, 9.17) is 11.6 Å². The molecule has 2 aromatic rings. The van der Waals surface area contributed by atoms with Crippen molar-refractivity contribution < 1.29 is 4.79 Å². The number of amides is 1. The summed E-state index contributed by atoms with van der Waals surface area (Å²) in [5, 5.41) is 2.62. The van der Waals surface area contributed by atoms with Crippen LogP contribution in [0.5, 0.6) is 0 Å². The van der Waals surface area contributed by atoms with Crippen LogP contribution in [-0.4, -0.2) is 11.8 Å². The molecule has 2 nitrogen and oxygen atoms in total. The van der Waals surface area contributed by atoms with Crippen LogP contribution in [0.15, 0.2) is 60.7 Å². The Morgan fingerprint density at radius 1 is 1.00 bits per heavy atom. The average Bonchev–Trinajstić information content (AvgIpc) is 2.41. The molecule has 18 heavy (non-hydrogen) atoms. The summed E-state index contributed by atoms with van der Waals surface area (Å²) in [6.45, 7) is 2.08. The number of nitrogens with one attached hydrogen (secondary N) is 1. The third kappa shape index (κ3) is 6.06. The highest BCUT2D eigenvalue weighted by molar-refractivity contribution is 6.29. The molecule has 0 saturated heterocycles. The topological polar surface area (TPSA) is 29.1 Å². The van der Waals surface area contributed by atoms with E-state index in [1.54, 1.807) is 0 Å². The van der Waals surface area contributed by atoms with Crippen molar-refractivity contribution in [3.8, 4) is 0 Å². The van der Waals surface area contributed by atoms with Gasteiger partial charge < -0.3 is 5.32 Å². The summed E-state index contributed by atoms with van der Waals surface area (Å²) in [6, 6.07) is 19.5. The molecule has 0 spiro atoms. The van der Waals surface area contributed by atoms with Crippen LogP contribution < -0.4 is 5.32 Å². The van der Waals surface area contributed by atoms with Gasteiger partial charge in [-0.1, -0.05) is 54.1 Å². The summed E-state index contributed by atoms with van der Waals surface area (Å²) in [5.41, 5.74) is 2.10. The normalized spacial score (nSPS) is 9.00. The van der Waals surface area contributed by atoms with Crippen LogP contribution in [0.2, 0.25) is 0 Å². The van der Waals surface area contributed by atoms with Crippen molar-refractivity contribution in [1.29, 1.82) is 0 Å². The van der Waals surface area contributed by atoms with Crippen molar-refractivity contribution in [2.45, 2.75) is 6.92 Å². The van der Waals surface area contributed by atoms with E-state index in [0.29, 0.717) is 0 Å². The molecule has 2 aromatic carbocycles. The van der Waals surface area contributed by atoms with Crippen LogP contribution in [0.3, 0.4) is 0 Å². The molecule has 0 atom stereocenters. The third-order valence-electron chi connectivity index (χ3n) is 2.12. The van der Waals surface area contributed by atoms with Gasteiger partial charge in [0.15, 0.2) is 0 Å². The van der Waals surface area contributed by atoms with Gasteiger partial charge in [-0.2, -0.15) is 0 Å². The first-order valence-electron chi connectivity index (χ1n) is 5.65. The Balaban J connectivity index is 0.000000199. The molecule has 3 heteroatoms. The number of rotatable bonds is 2. The van der Waals surface area contributed by atoms with E-state index in [2.05, 4.69) is 24.4 Å². The maximum atomic E-state index is 10.7. The SMILES string of the molecule is Cc1ccccc1.O=C(CCl)Nc1ccccc1. The second-order valence-electron chi connectivity index (χ2n) is 3.70. The van der Waals surface area contributed by atoms with Gasteiger partial charge in [-0.3, -0.25) is 4.79 Å². The first kappa shape index (κ1) is 14.3. The van der Waals surface area contributed by atoms with Gasteiger partial charge in [0.05, 0.1) is 0 Å². The highest BCUT2D eigenvalue weighted by Crippen LogP contribution is 2.04. The zero-order valence-electron chi connectivity index (χ0n) is 10.3. The standard InChI is InChI=1S/C8H8ClNO.C7H8/c9-6-8(11)10-7-4-2-1-3-5-7;1-7-5-3-2-4-6-7/h1-5H,6H2,(H,10,11);2-6H,1H3. The van der Waals surface area contributed by atoms with Crippen LogP contribution in [0.25, 0.3) is 0 Å². The molecule has 0 unspecified atom stereocenters.